The summed E-state index contributed by atoms with van der Waals surface area (Å²) in [5, 5.41) is 12.0. The quantitative estimate of drug-likeness (QED) is 0.768. The standard InChI is InChI=1S/C13H15NO4/c1-9-10(7-12(18-9)13(15)16)8-14-5-4-11-3-2-6-17-11/h2-3,6-7,14H,4-5,8H2,1H3,(H,15,16). The van der Waals surface area contributed by atoms with Crippen molar-refractivity contribution in [1.82, 2.24) is 5.32 Å². The molecule has 0 aliphatic heterocycles. The van der Waals surface area contributed by atoms with E-state index in [0.717, 1.165) is 24.3 Å². The normalized spacial score (nSPS) is 10.7. The second-order valence-electron chi connectivity index (χ2n) is 4.00. The monoisotopic (exact) mass is 249 g/mol. The minimum Gasteiger partial charge on any atom is -0.475 e. The minimum absolute atomic E-state index is 0.0182. The molecule has 0 aliphatic carbocycles. The van der Waals surface area contributed by atoms with E-state index in [2.05, 4.69) is 5.32 Å². The molecule has 0 spiro atoms. The summed E-state index contributed by atoms with van der Waals surface area (Å²) in [6.45, 7) is 3.11. The van der Waals surface area contributed by atoms with E-state index >= 15 is 0 Å². The molecule has 2 aromatic heterocycles. The molecule has 0 atom stereocenters. The number of hydrogen-bond acceptors (Lipinski definition) is 4. The van der Waals surface area contributed by atoms with Crippen LogP contribution in [-0.2, 0) is 13.0 Å². The predicted octanol–water partition coefficient (Wildman–Crippen LogP) is 2.21. The van der Waals surface area contributed by atoms with Crippen LogP contribution in [0, 0.1) is 6.92 Å². The summed E-state index contributed by atoms with van der Waals surface area (Å²) in [5.74, 6) is 0.505. The number of rotatable bonds is 6. The highest BCUT2D eigenvalue weighted by Gasteiger charge is 2.12. The van der Waals surface area contributed by atoms with Gasteiger partial charge in [0, 0.05) is 25.1 Å². The van der Waals surface area contributed by atoms with Crippen LogP contribution in [0.15, 0.2) is 33.3 Å². The van der Waals surface area contributed by atoms with E-state index in [9.17, 15) is 4.79 Å². The SMILES string of the molecule is Cc1oc(C(=O)O)cc1CNCCc1ccco1. The Hall–Kier alpha value is -2.01. The van der Waals surface area contributed by atoms with Crippen LogP contribution >= 0.6 is 0 Å². The molecular formula is C13H15NO4. The molecule has 0 radical (unpaired) electrons. The topological polar surface area (TPSA) is 75.6 Å². The van der Waals surface area contributed by atoms with Gasteiger partial charge < -0.3 is 19.3 Å². The van der Waals surface area contributed by atoms with Crippen molar-refractivity contribution in [3.05, 3.63) is 47.3 Å². The molecule has 0 fully saturated rings. The molecule has 0 amide bonds. The maximum absolute atomic E-state index is 10.7. The maximum Gasteiger partial charge on any atom is 0.371 e. The number of furan rings is 2. The van der Waals surface area contributed by atoms with Gasteiger partial charge in [-0.15, -0.1) is 0 Å². The molecule has 0 saturated carbocycles. The molecule has 2 N–H and O–H groups in total. The zero-order valence-corrected chi connectivity index (χ0v) is 10.1. The van der Waals surface area contributed by atoms with Gasteiger partial charge in [0.15, 0.2) is 0 Å². The fraction of sp³-hybridized carbons (Fsp3) is 0.308. The van der Waals surface area contributed by atoms with E-state index < -0.39 is 5.97 Å². The Balaban J connectivity index is 1.81. The van der Waals surface area contributed by atoms with Gasteiger partial charge in [0.1, 0.15) is 11.5 Å². The number of carboxylic acid groups (broad SMARTS) is 1. The molecule has 0 bridgehead atoms. The summed E-state index contributed by atoms with van der Waals surface area (Å²) in [7, 11) is 0. The minimum atomic E-state index is -1.04. The molecule has 18 heavy (non-hydrogen) atoms. The van der Waals surface area contributed by atoms with Gasteiger partial charge in [-0.05, 0) is 25.1 Å². The maximum atomic E-state index is 10.7. The molecule has 0 aromatic carbocycles. The van der Waals surface area contributed by atoms with Gasteiger partial charge in [0.05, 0.1) is 6.26 Å². The van der Waals surface area contributed by atoms with Gasteiger partial charge in [-0.2, -0.15) is 0 Å². The Morgan fingerprint density at radius 2 is 2.33 bits per heavy atom. The van der Waals surface area contributed by atoms with Crippen molar-refractivity contribution in [3.8, 4) is 0 Å². The summed E-state index contributed by atoms with van der Waals surface area (Å²) >= 11 is 0. The van der Waals surface area contributed by atoms with E-state index in [1.807, 2.05) is 12.1 Å². The predicted molar refractivity (Wildman–Crippen MR) is 64.5 cm³/mol. The fourth-order valence-electron chi connectivity index (χ4n) is 1.69. The van der Waals surface area contributed by atoms with Gasteiger partial charge in [0.25, 0.3) is 0 Å². The van der Waals surface area contributed by atoms with Crippen LogP contribution in [0.5, 0.6) is 0 Å². The number of aromatic carboxylic acids is 1. The Kier molecular flexibility index (Phi) is 3.84. The van der Waals surface area contributed by atoms with E-state index in [0.29, 0.717) is 12.3 Å². The van der Waals surface area contributed by atoms with E-state index in [4.69, 9.17) is 13.9 Å². The number of carboxylic acids is 1. The number of hydrogen-bond donors (Lipinski definition) is 2. The highest BCUT2D eigenvalue weighted by atomic mass is 16.4. The van der Waals surface area contributed by atoms with Crippen molar-refractivity contribution in [3.63, 3.8) is 0 Å². The van der Waals surface area contributed by atoms with Gasteiger partial charge >= 0.3 is 5.97 Å². The molecule has 0 aliphatic rings. The summed E-state index contributed by atoms with van der Waals surface area (Å²) in [5.41, 5.74) is 0.867. The zero-order valence-electron chi connectivity index (χ0n) is 10.1. The molecule has 5 nitrogen and oxygen atoms in total. The van der Waals surface area contributed by atoms with Gasteiger partial charge in [-0.25, -0.2) is 4.79 Å². The summed E-state index contributed by atoms with van der Waals surface area (Å²) in [6, 6.07) is 5.33. The average Bonchev–Trinajstić information content (AvgIpc) is 2.94. The van der Waals surface area contributed by atoms with Crippen molar-refractivity contribution < 1.29 is 18.7 Å². The summed E-state index contributed by atoms with van der Waals surface area (Å²) < 4.78 is 10.3. The summed E-state index contributed by atoms with van der Waals surface area (Å²) in [4.78, 5) is 10.7. The lowest BCUT2D eigenvalue weighted by Gasteiger charge is -2.01. The van der Waals surface area contributed by atoms with Crippen molar-refractivity contribution in [2.24, 2.45) is 0 Å². The first-order chi connectivity index (χ1) is 8.66. The van der Waals surface area contributed by atoms with Crippen LogP contribution in [-0.4, -0.2) is 17.6 Å². The highest BCUT2D eigenvalue weighted by molar-refractivity contribution is 5.84. The fourth-order valence-corrected chi connectivity index (χ4v) is 1.69. The van der Waals surface area contributed by atoms with Crippen LogP contribution in [0.3, 0.4) is 0 Å². The first kappa shape index (κ1) is 12.4. The highest BCUT2D eigenvalue weighted by Crippen LogP contribution is 2.14. The second-order valence-corrected chi connectivity index (χ2v) is 4.00. The van der Waals surface area contributed by atoms with Crippen LogP contribution in [0.25, 0.3) is 0 Å². The third kappa shape index (κ3) is 3.01. The second kappa shape index (κ2) is 5.55. The van der Waals surface area contributed by atoms with Crippen LogP contribution in [0.2, 0.25) is 0 Å². The van der Waals surface area contributed by atoms with Gasteiger partial charge in [-0.3, -0.25) is 0 Å². The van der Waals surface area contributed by atoms with Crippen molar-refractivity contribution in [2.45, 2.75) is 19.9 Å². The van der Waals surface area contributed by atoms with Gasteiger partial charge in [-0.1, -0.05) is 0 Å². The average molecular weight is 249 g/mol. The first-order valence-corrected chi connectivity index (χ1v) is 5.72. The molecule has 0 unspecified atom stereocenters. The van der Waals surface area contributed by atoms with E-state index in [1.165, 1.54) is 0 Å². The van der Waals surface area contributed by atoms with Gasteiger partial charge in [0.2, 0.25) is 5.76 Å². The number of nitrogens with one attached hydrogen (secondary N) is 1. The number of carbonyl (C=O) groups is 1. The lowest BCUT2D eigenvalue weighted by molar-refractivity contribution is 0.0661. The van der Waals surface area contributed by atoms with Crippen molar-refractivity contribution >= 4 is 5.97 Å². The molecule has 2 rings (SSSR count). The van der Waals surface area contributed by atoms with E-state index in [1.54, 1.807) is 19.3 Å². The molecule has 2 heterocycles. The number of aryl methyl sites for hydroxylation is 1. The van der Waals surface area contributed by atoms with E-state index in [-0.39, 0.29) is 5.76 Å². The molecular weight excluding hydrogens is 234 g/mol. The Labute approximate surface area is 104 Å². The van der Waals surface area contributed by atoms with Crippen molar-refractivity contribution in [2.75, 3.05) is 6.54 Å². The Morgan fingerprint density at radius 1 is 1.50 bits per heavy atom. The lowest BCUT2D eigenvalue weighted by atomic mass is 10.2. The van der Waals surface area contributed by atoms with Crippen LogP contribution in [0.4, 0.5) is 0 Å². The third-order valence-corrected chi connectivity index (χ3v) is 2.68. The van der Waals surface area contributed by atoms with Crippen LogP contribution < -0.4 is 5.32 Å². The van der Waals surface area contributed by atoms with Crippen molar-refractivity contribution in [1.29, 1.82) is 0 Å². The molecule has 5 heteroatoms. The Bertz CT molecular complexity index is 513. The largest absolute Gasteiger partial charge is 0.475 e. The third-order valence-electron chi connectivity index (χ3n) is 2.68. The molecule has 2 aromatic rings. The molecule has 0 saturated heterocycles. The smallest absolute Gasteiger partial charge is 0.371 e. The summed E-state index contributed by atoms with van der Waals surface area (Å²) in [6.07, 6.45) is 2.45. The lowest BCUT2D eigenvalue weighted by Crippen LogP contribution is -2.16. The Morgan fingerprint density at radius 3 is 2.94 bits per heavy atom. The first-order valence-electron chi connectivity index (χ1n) is 5.72. The zero-order chi connectivity index (χ0) is 13.0. The molecule has 96 valence electrons. The van der Waals surface area contributed by atoms with Crippen LogP contribution in [0.1, 0.15) is 27.6 Å².